The maximum atomic E-state index is 2.72. The Morgan fingerprint density at radius 2 is 1.28 bits per heavy atom. The Morgan fingerprint density at radius 1 is 0.694 bits per heavy atom. The number of para-hydroxylation sites is 3. The van der Waals surface area contributed by atoms with Gasteiger partial charge in [0, 0.05) is 28.2 Å². The van der Waals surface area contributed by atoms with Crippen LogP contribution in [0.4, 0.5) is 28.4 Å². The SMILES string of the molecule is CCC12CCCCC1(C)N(c1cccc(N(c3ccccc3)c3ccccc3)c1C)c1ccccc12. The van der Waals surface area contributed by atoms with Crippen LogP contribution in [0.3, 0.4) is 0 Å². The second-order valence-electron chi connectivity index (χ2n) is 10.7. The van der Waals surface area contributed by atoms with Crippen molar-refractivity contribution in [2.75, 3.05) is 9.80 Å². The van der Waals surface area contributed by atoms with Crippen molar-refractivity contribution in [3.8, 4) is 0 Å². The molecule has 2 nitrogen and oxygen atoms in total. The maximum Gasteiger partial charge on any atom is 0.0520 e. The van der Waals surface area contributed by atoms with Crippen LogP contribution < -0.4 is 9.80 Å². The third kappa shape index (κ3) is 3.24. The number of hydrogen-bond acceptors (Lipinski definition) is 2. The fourth-order valence-electron chi connectivity index (χ4n) is 7.32. The van der Waals surface area contributed by atoms with Crippen molar-refractivity contribution in [2.24, 2.45) is 0 Å². The van der Waals surface area contributed by atoms with E-state index in [1.54, 1.807) is 5.56 Å². The van der Waals surface area contributed by atoms with E-state index in [4.69, 9.17) is 0 Å². The Labute approximate surface area is 216 Å². The molecule has 36 heavy (non-hydrogen) atoms. The monoisotopic (exact) mass is 472 g/mol. The van der Waals surface area contributed by atoms with Gasteiger partial charge in [-0.1, -0.05) is 80.4 Å². The molecule has 0 amide bonds. The second-order valence-corrected chi connectivity index (χ2v) is 10.7. The molecule has 2 aliphatic rings. The summed E-state index contributed by atoms with van der Waals surface area (Å²) < 4.78 is 0. The van der Waals surface area contributed by atoms with Gasteiger partial charge in [-0.15, -0.1) is 0 Å². The van der Waals surface area contributed by atoms with E-state index in [1.165, 1.54) is 66.1 Å². The molecule has 0 radical (unpaired) electrons. The Morgan fingerprint density at radius 3 is 1.94 bits per heavy atom. The average molecular weight is 473 g/mol. The summed E-state index contributed by atoms with van der Waals surface area (Å²) >= 11 is 0. The summed E-state index contributed by atoms with van der Waals surface area (Å²) in [6.45, 7) is 7.25. The number of benzene rings is 4. The molecule has 6 rings (SSSR count). The molecule has 0 aromatic heterocycles. The molecular formula is C34H36N2. The summed E-state index contributed by atoms with van der Waals surface area (Å²) in [5, 5.41) is 0. The largest absolute Gasteiger partial charge is 0.334 e. The van der Waals surface area contributed by atoms with Crippen LogP contribution in [0.1, 0.15) is 57.1 Å². The zero-order valence-corrected chi connectivity index (χ0v) is 21.7. The van der Waals surface area contributed by atoms with E-state index in [-0.39, 0.29) is 11.0 Å². The third-order valence-corrected chi connectivity index (χ3v) is 9.09. The molecular weight excluding hydrogens is 436 g/mol. The smallest absolute Gasteiger partial charge is 0.0520 e. The standard InChI is InChI=1S/C34H36N2/c1-4-34-25-14-13-24-33(34,3)36(32-21-12-11-20-29(32)34)31-23-15-22-30(26(31)2)35(27-16-7-5-8-17-27)28-18-9-6-10-19-28/h5-12,15-23H,4,13-14,24-25H2,1-3H3. The number of nitrogens with zero attached hydrogens (tertiary/aromatic N) is 2. The molecule has 0 N–H and O–H groups in total. The molecule has 0 spiro atoms. The highest BCUT2D eigenvalue weighted by atomic mass is 15.3. The van der Waals surface area contributed by atoms with E-state index in [0.29, 0.717) is 0 Å². The summed E-state index contributed by atoms with van der Waals surface area (Å²) in [5.74, 6) is 0. The van der Waals surface area contributed by atoms with E-state index >= 15 is 0 Å². The molecule has 0 saturated heterocycles. The van der Waals surface area contributed by atoms with E-state index in [2.05, 4.69) is 134 Å². The number of rotatable bonds is 5. The van der Waals surface area contributed by atoms with Crippen molar-refractivity contribution in [1.29, 1.82) is 0 Å². The summed E-state index contributed by atoms with van der Waals surface area (Å²) in [6, 6.07) is 37.6. The molecule has 1 heterocycles. The lowest BCUT2D eigenvalue weighted by Crippen LogP contribution is -2.56. The van der Waals surface area contributed by atoms with Crippen molar-refractivity contribution < 1.29 is 0 Å². The highest BCUT2D eigenvalue weighted by molar-refractivity contribution is 5.85. The molecule has 2 unspecified atom stereocenters. The Hall–Kier alpha value is -3.52. The Balaban J connectivity index is 1.56. The van der Waals surface area contributed by atoms with Gasteiger partial charge in [-0.3, -0.25) is 0 Å². The first kappa shape index (κ1) is 22.9. The normalized spacial score (nSPS) is 22.7. The van der Waals surface area contributed by atoms with Crippen molar-refractivity contribution in [3.05, 3.63) is 114 Å². The van der Waals surface area contributed by atoms with E-state index in [9.17, 15) is 0 Å². The van der Waals surface area contributed by atoms with Gasteiger partial charge in [0.1, 0.15) is 0 Å². The molecule has 4 aromatic rings. The lowest BCUT2D eigenvalue weighted by atomic mass is 9.59. The molecule has 1 aliphatic carbocycles. The van der Waals surface area contributed by atoms with Crippen LogP contribution in [0.25, 0.3) is 0 Å². The number of fused-ring (bicyclic) bond motifs is 3. The van der Waals surface area contributed by atoms with Gasteiger partial charge in [-0.2, -0.15) is 0 Å². The first-order chi connectivity index (χ1) is 17.6. The summed E-state index contributed by atoms with van der Waals surface area (Å²) in [5.41, 5.74) is 9.44. The Bertz CT molecular complexity index is 1320. The van der Waals surface area contributed by atoms with Gasteiger partial charge in [-0.25, -0.2) is 0 Å². The van der Waals surface area contributed by atoms with Gasteiger partial charge < -0.3 is 9.80 Å². The first-order valence-electron chi connectivity index (χ1n) is 13.5. The predicted octanol–water partition coefficient (Wildman–Crippen LogP) is 9.60. The van der Waals surface area contributed by atoms with Crippen LogP contribution in [0, 0.1) is 6.92 Å². The van der Waals surface area contributed by atoms with Crippen LogP contribution in [0.2, 0.25) is 0 Å². The van der Waals surface area contributed by atoms with Gasteiger partial charge in [0.15, 0.2) is 0 Å². The first-order valence-corrected chi connectivity index (χ1v) is 13.5. The minimum Gasteiger partial charge on any atom is -0.334 e. The zero-order valence-electron chi connectivity index (χ0n) is 21.7. The quantitative estimate of drug-likeness (QED) is 0.285. The minimum atomic E-state index is 0.0669. The molecule has 2 atom stereocenters. The summed E-state index contributed by atoms with van der Waals surface area (Å²) in [7, 11) is 0. The highest BCUT2D eigenvalue weighted by Gasteiger charge is 2.59. The summed E-state index contributed by atoms with van der Waals surface area (Å²) in [6.07, 6.45) is 6.28. The number of hydrogen-bond donors (Lipinski definition) is 0. The average Bonchev–Trinajstić information content (AvgIpc) is 3.16. The lowest BCUT2D eigenvalue weighted by Gasteiger charge is -2.52. The van der Waals surface area contributed by atoms with Crippen LogP contribution in [-0.2, 0) is 5.41 Å². The molecule has 0 bridgehead atoms. The van der Waals surface area contributed by atoms with E-state index in [1.807, 2.05) is 0 Å². The number of anilines is 5. The van der Waals surface area contributed by atoms with Gasteiger partial charge in [0.2, 0.25) is 0 Å². The molecule has 4 aromatic carbocycles. The predicted molar refractivity (Wildman–Crippen MR) is 153 cm³/mol. The molecule has 1 saturated carbocycles. The van der Waals surface area contributed by atoms with Crippen LogP contribution in [-0.4, -0.2) is 5.54 Å². The molecule has 1 aliphatic heterocycles. The maximum absolute atomic E-state index is 2.72. The van der Waals surface area contributed by atoms with Crippen LogP contribution in [0.5, 0.6) is 0 Å². The van der Waals surface area contributed by atoms with Crippen LogP contribution >= 0.6 is 0 Å². The molecule has 1 fully saturated rings. The van der Waals surface area contributed by atoms with E-state index in [0.717, 1.165) is 0 Å². The molecule has 2 heteroatoms. The second kappa shape index (κ2) is 8.85. The highest BCUT2D eigenvalue weighted by Crippen LogP contribution is 2.62. The van der Waals surface area contributed by atoms with E-state index < -0.39 is 0 Å². The fraction of sp³-hybridized carbons (Fsp3) is 0.294. The van der Waals surface area contributed by atoms with Gasteiger partial charge >= 0.3 is 0 Å². The lowest BCUT2D eigenvalue weighted by molar-refractivity contribution is 0.170. The fourth-order valence-corrected chi connectivity index (χ4v) is 7.32. The van der Waals surface area contributed by atoms with Gasteiger partial charge in [0.05, 0.1) is 11.2 Å². The van der Waals surface area contributed by atoms with Crippen molar-refractivity contribution >= 4 is 28.4 Å². The van der Waals surface area contributed by atoms with Crippen LogP contribution in [0.15, 0.2) is 103 Å². The van der Waals surface area contributed by atoms with Crippen molar-refractivity contribution in [1.82, 2.24) is 0 Å². The van der Waals surface area contributed by atoms with Crippen molar-refractivity contribution in [2.45, 2.75) is 63.8 Å². The van der Waals surface area contributed by atoms with Gasteiger partial charge in [-0.05, 0) is 86.7 Å². The molecule has 182 valence electrons. The minimum absolute atomic E-state index is 0.0669. The summed E-state index contributed by atoms with van der Waals surface area (Å²) in [4.78, 5) is 5.12. The topological polar surface area (TPSA) is 6.48 Å². The Kier molecular flexibility index (Phi) is 5.63. The van der Waals surface area contributed by atoms with Crippen molar-refractivity contribution in [3.63, 3.8) is 0 Å². The zero-order chi connectivity index (χ0) is 24.8. The third-order valence-electron chi connectivity index (χ3n) is 9.09. The van der Waals surface area contributed by atoms with Gasteiger partial charge in [0.25, 0.3) is 0 Å².